The third-order valence-electron chi connectivity index (χ3n) is 5.45. The molecule has 0 saturated heterocycles. The van der Waals surface area contributed by atoms with E-state index >= 15 is 0 Å². The number of amides is 1. The second-order valence-corrected chi connectivity index (χ2v) is 7.48. The molecular weight excluding hydrogens is 388 g/mol. The highest BCUT2D eigenvalue weighted by Gasteiger charge is 2.13. The van der Waals surface area contributed by atoms with Crippen molar-refractivity contribution in [1.29, 1.82) is 5.26 Å². The second kappa shape index (κ2) is 8.84. The lowest BCUT2D eigenvalue weighted by molar-refractivity contribution is -0.116. The molecule has 1 N–H and O–H groups in total. The van der Waals surface area contributed by atoms with E-state index in [1.807, 2.05) is 71.6 Å². The van der Waals surface area contributed by atoms with Gasteiger partial charge >= 0.3 is 0 Å². The summed E-state index contributed by atoms with van der Waals surface area (Å²) in [5.74, 6) is -0.0376. The molecule has 0 atom stereocenters. The molecule has 0 spiro atoms. The molecule has 0 unspecified atom stereocenters. The molecule has 0 radical (unpaired) electrons. The molecule has 2 aromatic carbocycles. The first-order valence-electron chi connectivity index (χ1n) is 10.3. The number of hydrogen-bond acceptors (Lipinski definition) is 4. The van der Waals surface area contributed by atoms with Crippen LogP contribution in [0, 0.1) is 25.2 Å². The van der Waals surface area contributed by atoms with Gasteiger partial charge in [-0.3, -0.25) is 14.0 Å². The SMILES string of the molecule is Cc1nn(CCC#N)c(C)c1CCC(=O)Nc1ccc(-n2cnc3ccccc32)cc1. The molecule has 0 aliphatic rings. The molecule has 1 amide bonds. The van der Waals surface area contributed by atoms with Crippen LogP contribution in [0.3, 0.4) is 0 Å². The zero-order chi connectivity index (χ0) is 21.8. The molecule has 0 fully saturated rings. The van der Waals surface area contributed by atoms with E-state index in [9.17, 15) is 4.79 Å². The van der Waals surface area contributed by atoms with Crippen molar-refractivity contribution in [2.45, 2.75) is 39.7 Å². The van der Waals surface area contributed by atoms with Gasteiger partial charge in [0.05, 0.1) is 35.8 Å². The van der Waals surface area contributed by atoms with Crippen molar-refractivity contribution in [3.05, 3.63) is 71.8 Å². The molecule has 0 saturated carbocycles. The van der Waals surface area contributed by atoms with E-state index in [-0.39, 0.29) is 5.91 Å². The van der Waals surface area contributed by atoms with E-state index in [0.717, 1.165) is 39.4 Å². The standard InChI is InChI=1S/C24H24N6O/c1-17-21(18(2)30(28-17)15-5-14-25)12-13-24(31)27-19-8-10-20(11-9-19)29-16-26-22-6-3-4-7-23(22)29/h3-4,6-11,16H,5,12-13,15H2,1-2H3,(H,27,31). The van der Waals surface area contributed by atoms with Gasteiger partial charge in [0.1, 0.15) is 6.33 Å². The lowest BCUT2D eigenvalue weighted by Crippen LogP contribution is -2.13. The highest BCUT2D eigenvalue weighted by Crippen LogP contribution is 2.20. The predicted octanol–water partition coefficient (Wildman–Crippen LogP) is 4.32. The fraction of sp³-hybridized carbons (Fsp3) is 0.250. The first-order chi connectivity index (χ1) is 15.1. The van der Waals surface area contributed by atoms with Gasteiger partial charge in [0.15, 0.2) is 0 Å². The Hall–Kier alpha value is -3.92. The van der Waals surface area contributed by atoms with Gasteiger partial charge in [-0.05, 0) is 62.2 Å². The lowest BCUT2D eigenvalue weighted by atomic mass is 10.1. The summed E-state index contributed by atoms with van der Waals surface area (Å²) in [6.45, 7) is 4.51. The summed E-state index contributed by atoms with van der Waals surface area (Å²) in [5.41, 5.74) is 6.76. The van der Waals surface area contributed by atoms with Crippen LogP contribution in [0.25, 0.3) is 16.7 Å². The first-order valence-corrected chi connectivity index (χ1v) is 10.3. The molecular formula is C24H24N6O. The monoisotopic (exact) mass is 412 g/mol. The van der Waals surface area contributed by atoms with E-state index in [1.54, 1.807) is 6.33 Å². The van der Waals surface area contributed by atoms with Crippen LogP contribution in [0.1, 0.15) is 29.8 Å². The molecule has 4 aromatic rings. The zero-order valence-electron chi connectivity index (χ0n) is 17.7. The van der Waals surface area contributed by atoms with E-state index in [0.29, 0.717) is 25.8 Å². The minimum atomic E-state index is -0.0376. The number of nitriles is 1. The summed E-state index contributed by atoms with van der Waals surface area (Å²) < 4.78 is 3.88. The normalized spacial score (nSPS) is 10.9. The molecule has 31 heavy (non-hydrogen) atoms. The van der Waals surface area contributed by atoms with Crippen molar-refractivity contribution >= 4 is 22.6 Å². The number of aryl methyl sites for hydroxylation is 2. The topological polar surface area (TPSA) is 88.5 Å². The van der Waals surface area contributed by atoms with Crippen LogP contribution in [0.15, 0.2) is 54.9 Å². The average Bonchev–Trinajstić information content (AvgIpc) is 3.32. The Morgan fingerprint density at radius 2 is 1.90 bits per heavy atom. The van der Waals surface area contributed by atoms with Gasteiger partial charge in [-0.2, -0.15) is 10.4 Å². The maximum absolute atomic E-state index is 12.5. The average molecular weight is 412 g/mol. The van der Waals surface area contributed by atoms with Crippen LogP contribution in [0.2, 0.25) is 0 Å². The van der Waals surface area contributed by atoms with Crippen molar-refractivity contribution in [2.24, 2.45) is 0 Å². The Morgan fingerprint density at radius 1 is 1.13 bits per heavy atom. The van der Waals surface area contributed by atoms with E-state index in [1.165, 1.54) is 0 Å². The number of nitrogens with one attached hydrogen (secondary N) is 1. The summed E-state index contributed by atoms with van der Waals surface area (Å²) in [5, 5.41) is 16.2. The number of hydrogen-bond donors (Lipinski definition) is 1. The molecule has 0 bridgehead atoms. The molecule has 2 heterocycles. The van der Waals surface area contributed by atoms with Gasteiger partial charge in [0, 0.05) is 23.5 Å². The number of rotatable bonds is 7. The number of fused-ring (bicyclic) bond motifs is 1. The molecule has 4 rings (SSSR count). The number of imidazole rings is 1. The Labute approximate surface area is 180 Å². The van der Waals surface area contributed by atoms with Crippen LogP contribution in [-0.2, 0) is 17.8 Å². The zero-order valence-corrected chi connectivity index (χ0v) is 17.7. The Bertz CT molecular complexity index is 1260. The predicted molar refractivity (Wildman–Crippen MR) is 120 cm³/mol. The molecule has 156 valence electrons. The number of carbonyl (C=O) groups is 1. The highest BCUT2D eigenvalue weighted by atomic mass is 16.1. The van der Waals surface area contributed by atoms with Crippen molar-refractivity contribution in [2.75, 3.05) is 5.32 Å². The Morgan fingerprint density at radius 3 is 2.68 bits per heavy atom. The molecule has 7 heteroatoms. The van der Waals surface area contributed by atoms with Crippen molar-refractivity contribution in [3.8, 4) is 11.8 Å². The molecule has 0 aliphatic carbocycles. The number of benzene rings is 2. The Kier molecular flexibility index (Phi) is 5.80. The quantitative estimate of drug-likeness (QED) is 0.489. The van der Waals surface area contributed by atoms with Crippen molar-refractivity contribution in [3.63, 3.8) is 0 Å². The van der Waals surface area contributed by atoms with Crippen LogP contribution in [0.5, 0.6) is 0 Å². The number of carbonyl (C=O) groups excluding carboxylic acids is 1. The molecule has 2 aromatic heterocycles. The Balaban J connectivity index is 1.38. The van der Waals surface area contributed by atoms with E-state index in [2.05, 4.69) is 21.5 Å². The van der Waals surface area contributed by atoms with Crippen molar-refractivity contribution < 1.29 is 4.79 Å². The minimum Gasteiger partial charge on any atom is -0.326 e. The minimum absolute atomic E-state index is 0.0376. The van der Waals surface area contributed by atoms with Crippen molar-refractivity contribution in [1.82, 2.24) is 19.3 Å². The third kappa shape index (κ3) is 4.33. The smallest absolute Gasteiger partial charge is 0.224 e. The number of nitrogens with zero attached hydrogens (tertiary/aromatic N) is 5. The second-order valence-electron chi connectivity index (χ2n) is 7.48. The van der Waals surface area contributed by atoms with Gasteiger partial charge in [-0.25, -0.2) is 4.98 Å². The maximum atomic E-state index is 12.5. The highest BCUT2D eigenvalue weighted by molar-refractivity contribution is 5.91. The summed E-state index contributed by atoms with van der Waals surface area (Å²) in [7, 11) is 0. The lowest BCUT2D eigenvalue weighted by Gasteiger charge is -2.08. The number of para-hydroxylation sites is 2. The summed E-state index contributed by atoms with van der Waals surface area (Å²) in [6.07, 6.45) is 3.22. The van der Waals surface area contributed by atoms with Gasteiger partial charge in [0.25, 0.3) is 0 Å². The third-order valence-corrected chi connectivity index (χ3v) is 5.45. The molecule has 7 nitrogen and oxygen atoms in total. The fourth-order valence-corrected chi connectivity index (χ4v) is 3.80. The first kappa shape index (κ1) is 20.4. The number of anilines is 1. The van der Waals surface area contributed by atoms with Crippen LogP contribution in [0.4, 0.5) is 5.69 Å². The van der Waals surface area contributed by atoms with E-state index < -0.39 is 0 Å². The summed E-state index contributed by atoms with van der Waals surface area (Å²) in [6, 6.07) is 17.9. The fourth-order valence-electron chi connectivity index (χ4n) is 3.80. The summed E-state index contributed by atoms with van der Waals surface area (Å²) >= 11 is 0. The van der Waals surface area contributed by atoms with Gasteiger partial charge < -0.3 is 5.32 Å². The largest absolute Gasteiger partial charge is 0.326 e. The van der Waals surface area contributed by atoms with Gasteiger partial charge in [-0.1, -0.05) is 12.1 Å². The maximum Gasteiger partial charge on any atom is 0.224 e. The van der Waals surface area contributed by atoms with Gasteiger partial charge in [0.2, 0.25) is 5.91 Å². The van der Waals surface area contributed by atoms with E-state index in [4.69, 9.17) is 5.26 Å². The number of aromatic nitrogens is 4. The van der Waals surface area contributed by atoms with Crippen LogP contribution in [-0.4, -0.2) is 25.2 Å². The van der Waals surface area contributed by atoms with Crippen LogP contribution >= 0.6 is 0 Å². The van der Waals surface area contributed by atoms with Gasteiger partial charge in [-0.15, -0.1) is 0 Å². The summed E-state index contributed by atoms with van der Waals surface area (Å²) in [4.78, 5) is 16.9. The van der Waals surface area contributed by atoms with Crippen LogP contribution < -0.4 is 5.32 Å². The molecule has 0 aliphatic heterocycles.